The Kier molecular flexibility index (Phi) is 4.73. The Morgan fingerprint density at radius 1 is 1.26 bits per heavy atom. The average Bonchev–Trinajstić information content (AvgIpc) is 3.23. The molecule has 0 atom stereocenters. The van der Waals surface area contributed by atoms with Crippen molar-refractivity contribution in [3.8, 4) is 10.6 Å². The predicted molar refractivity (Wildman–Crippen MR) is 90.8 cm³/mol. The zero-order valence-electron chi connectivity index (χ0n) is 12.5. The number of thiophene rings is 1. The Bertz CT molecular complexity index is 781. The molecule has 0 unspecified atom stereocenters. The van der Waals surface area contributed by atoms with Gasteiger partial charge >= 0.3 is 0 Å². The molecule has 3 aromatic heterocycles. The maximum Gasteiger partial charge on any atom is 0.220 e. The number of carbonyl (C=O) groups excluding carboxylic acids is 1. The van der Waals surface area contributed by atoms with E-state index >= 15 is 0 Å². The van der Waals surface area contributed by atoms with E-state index in [2.05, 4.69) is 10.3 Å². The number of nitrogen functional groups attached to an aromatic ring is 1. The summed E-state index contributed by atoms with van der Waals surface area (Å²) in [6.45, 7) is 0.386. The van der Waals surface area contributed by atoms with Crippen LogP contribution in [-0.4, -0.2) is 10.9 Å². The quantitative estimate of drug-likeness (QED) is 0.728. The van der Waals surface area contributed by atoms with Gasteiger partial charge in [-0.2, -0.15) is 0 Å². The highest BCUT2D eigenvalue weighted by molar-refractivity contribution is 7.13. The van der Waals surface area contributed by atoms with Crippen LogP contribution in [0.1, 0.15) is 17.7 Å². The molecule has 0 aliphatic rings. The van der Waals surface area contributed by atoms with Crippen molar-refractivity contribution in [2.24, 2.45) is 0 Å². The van der Waals surface area contributed by atoms with Gasteiger partial charge in [0.25, 0.3) is 0 Å². The van der Waals surface area contributed by atoms with Gasteiger partial charge in [-0.05, 0) is 29.6 Å². The fraction of sp³-hybridized carbons (Fsp3) is 0.176. The first-order chi connectivity index (χ1) is 11.2. The molecule has 0 saturated heterocycles. The molecule has 118 valence electrons. The smallest absolute Gasteiger partial charge is 0.220 e. The summed E-state index contributed by atoms with van der Waals surface area (Å²) < 4.78 is 5.76. The van der Waals surface area contributed by atoms with E-state index in [1.54, 1.807) is 23.6 Å². The molecule has 23 heavy (non-hydrogen) atoms. The van der Waals surface area contributed by atoms with Crippen LogP contribution in [0.2, 0.25) is 0 Å². The molecule has 0 aromatic carbocycles. The normalized spacial score (nSPS) is 10.6. The molecule has 3 aromatic rings. The number of anilines is 1. The highest BCUT2D eigenvalue weighted by atomic mass is 32.1. The summed E-state index contributed by atoms with van der Waals surface area (Å²) in [6.07, 6.45) is 2.57. The molecule has 5 nitrogen and oxygen atoms in total. The van der Waals surface area contributed by atoms with E-state index in [9.17, 15) is 4.79 Å². The number of nitrogens with two attached hydrogens (primary N) is 1. The average molecular weight is 327 g/mol. The first-order valence-electron chi connectivity index (χ1n) is 7.31. The molecule has 0 saturated carbocycles. The van der Waals surface area contributed by atoms with Crippen molar-refractivity contribution in [2.75, 3.05) is 5.73 Å². The molecule has 3 N–H and O–H groups in total. The topological polar surface area (TPSA) is 81.1 Å². The fourth-order valence-electron chi connectivity index (χ4n) is 2.18. The maximum absolute atomic E-state index is 11.9. The minimum atomic E-state index is -0.0395. The van der Waals surface area contributed by atoms with Crippen LogP contribution in [-0.2, 0) is 17.8 Å². The number of carbonyl (C=O) groups is 1. The van der Waals surface area contributed by atoms with Gasteiger partial charge in [0, 0.05) is 31.1 Å². The van der Waals surface area contributed by atoms with Crippen molar-refractivity contribution in [3.05, 3.63) is 59.3 Å². The highest BCUT2D eigenvalue weighted by Gasteiger charge is 2.08. The summed E-state index contributed by atoms with van der Waals surface area (Å²) in [7, 11) is 0. The van der Waals surface area contributed by atoms with Gasteiger partial charge in [0.1, 0.15) is 17.3 Å². The number of hydrogen-bond donors (Lipinski definition) is 2. The SMILES string of the molecule is Nc1ncccc1CNC(=O)CCc1ccc(-c2cccs2)o1. The third-order valence-electron chi connectivity index (χ3n) is 3.43. The lowest BCUT2D eigenvalue weighted by Crippen LogP contribution is -2.23. The zero-order chi connectivity index (χ0) is 16.1. The largest absolute Gasteiger partial charge is 0.460 e. The lowest BCUT2D eigenvalue weighted by Gasteiger charge is -2.06. The second-order valence-electron chi connectivity index (χ2n) is 5.07. The van der Waals surface area contributed by atoms with Crippen molar-refractivity contribution in [1.29, 1.82) is 0 Å². The number of nitrogens with zero attached hydrogens (tertiary/aromatic N) is 1. The number of rotatable bonds is 6. The third kappa shape index (κ3) is 3.98. The van der Waals surface area contributed by atoms with Gasteiger partial charge in [0.05, 0.1) is 4.88 Å². The van der Waals surface area contributed by atoms with Gasteiger partial charge in [0.2, 0.25) is 5.91 Å². The van der Waals surface area contributed by atoms with Crippen LogP contribution in [0.4, 0.5) is 5.82 Å². The van der Waals surface area contributed by atoms with E-state index in [4.69, 9.17) is 10.2 Å². The Hall–Kier alpha value is -2.60. The minimum absolute atomic E-state index is 0.0395. The molecule has 3 rings (SSSR count). The van der Waals surface area contributed by atoms with E-state index in [1.807, 2.05) is 35.7 Å². The molecular weight excluding hydrogens is 310 g/mol. The second-order valence-corrected chi connectivity index (χ2v) is 6.02. The molecule has 1 amide bonds. The van der Waals surface area contributed by atoms with E-state index in [0.717, 1.165) is 22.0 Å². The summed E-state index contributed by atoms with van der Waals surface area (Å²) >= 11 is 1.63. The van der Waals surface area contributed by atoms with Gasteiger partial charge in [-0.25, -0.2) is 4.98 Å². The summed E-state index contributed by atoms with van der Waals surface area (Å²) in [4.78, 5) is 17.0. The number of aromatic nitrogens is 1. The van der Waals surface area contributed by atoms with Gasteiger partial charge in [-0.3, -0.25) is 4.79 Å². The number of amides is 1. The lowest BCUT2D eigenvalue weighted by atomic mass is 10.2. The third-order valence-corrected chi connectivity index (χ3v) is 4.31. The Balaban J connectivity index is 1.49. The number of hydrogen-bond acceptors (Lipinski definition) is 5. The summed E-state index contributed by atoms with van der Waals surface area (Å²) in [6, 6.07) is 11.5. The highest BCUT2D eigenvalue weighted by Crippen LogP contribution is 2.26. The maximum atomic E-state index is 11.9. The zero-order valence-corrected chi connectivity index (χ0v) is 13.3. The lowest BCUT2D eigenvalue weighted by molar-refractivity contribution is -0.121. The monoisotopic (exact) mass is 327 g/mol. The van der Waals surface area contributed by atoms with Crippen LogP contribution in [0.25, 0.3) is 10.6 Å². The Labute approximate surface area is 138 Å². The standard InChI is InChI=1S/C17H17N3O2S/c18-17-12(3-1-9-19-17)11-20-16(21)8-6-13-5-7-14(22-13)15-4-2-10-23-15/h1-5,7,9-10H,6,8,11H2,(H2,18,19)(H,20,21). The number of aryl methyl sites for hydroxylation is 1. The van der Waals surface area contributed by atoms with Crippen LogP contribution < -0.4 is 11.1 Å². The summed E-state index contributed by atoms with van der Waals surface area (Å²) in [5, 5.41) is 4.85. The van der Waals surface area contributed by atoms with Gasteiger partial charge < -0.3 is 15.5 Å². The molecule has 0 fully saturated rings. The molecule has 0 aliphatic carbocycles. The van der Waals surface area contributed by atoms with Crippen LogP contribution in [0, 0.1) is 0 Å². The van der Waals surface area contributed by atoms with E-state index in [1.165, 1.54) is 0 Å². The van der Waals surface area contributed by atoms with Crippen molar-refractivity contribution in [2.45, 2.75) is 19.4 Å². The molecule has 3 heterocycles. The number of furan rings is 1. The summed E-state index contributed by atoms with van der Waals surface area (Å²) in [5.74, 6) is 2.06. The van der Waals surface area contributed by atoms with E-state index in [-0.39, 0.29) is 5.91 Å². The van der Waals surface area contributed by atoms with Crippen molar-refractivity contribution in [1.82, 2.24) is 10.3 Å². The van der Waals surface area contributed by atoms with Gasteiger partial charge in [0.15, 0.2) is 0 Å². The molecular formula is C17H17N3O2S. The molecule has 6 heteroatoms. The fourth-order valence-corrected chi connectivity index (χ4v) is 2.87. The van der Waals surface area contributed by atoms with Crippen LogP contribution in [0.3, 0.4) is 0 Å². The van der Waals surface area contributed by atoms with Crippen LogP contribution in [0.5, 0.6) is 0 Å². The van der Waals surface area contributed by atoms with Gasteiger partial charge in [-0.15, -0.1) is 11.3 Å². The van der Waals surface area contributed by atoms with Crippen molar-refractivity contribution >= 4 is 23.1 Å². The minimum Gasteiger partial charge on any atom is -0.460 e. The molecule has 0 bridgehead atoms. The molecule has 0 aliphatic heterocycles. The summed E-state index contributed by atoms with van der Waals surface area (Å²) in [5.41, 5.74) is 6.56. The van der Waals surface area contributed by atoms with Crippen molar-refractivity contribution < 1.29 is 9.21 Å². The number of pyridine rings is 1. The molecule has 0 spiro atoms. The first kappa shape index (κ1) is 15.3. The van der Waals surface area contributed by atoms with Crippen LogP contribution >= 0.6 is 11.3 Å². The van der Waals surface area contributed by atoms with E-state index < -0.39 is 0 Å². The predicted octanol–water partition coefficient (Wildman–Crippen LogP) is 3.23. The Morgan fingerprint density at radius 3 is 2.96 bits per heavy atom. The second kappa shape index (κ2) is 7.11. The van der Waals surface area contributed by atoms with Crippen LogP contribution in [0.15, 0.2) is 52.4 Å². The Morgan fingerprint density at radius 2 is 2.17 bits per heavy atom. The van der Waals surface area contributed by atoms with Gasteiger partial charge in [-0.1, -0.05) is 12.1 Å². The molecule has 0 radical (unpaired) electrons. The first-order valence-corrected chi connectivity index (χ1v) is 8.19. The van der Waals surface area contributed by atoms with Crippen molar-refractivity contribution in [3.63, 3.8) is 0 Å². The van der Waals surface area contributed by atoms with E-state index in [0.29, 0.717) is 25.2 Å². The number of nitrogens with one attached hydrogen (secondary N) is 1.